The summed E-state index contributed by atoms with van der Waals surface area (Å²) in [4.78, 5) is 16.6. The lowest BCUT2D eigenvalue weighted by atomic mass is 10.1. The molecule has 1 amide bonds. The van der Waals surface area contributed by atoms with E-state index in [0.717, 1.165) is 30.4 Å². The molecule has 2 aromatic carbocycles. The minimum atomic E-state index is -2.90. The van der Waals surface area contributed by atoms with Crippen molar-refractivity contribution in [1.29, 1.82) is 5.26 Å². The molecule has 0 aromatic heterocycles. The van der Waals surface area contributed by atoms with Crippen LogP contribution in [-0.4, -0.2) is 45.0 Å². The van der Waals surface area contributed by atoms with Gasteiger partial charge >= 0.3 is 0 Å². The van der Waals surface area contributed by atoms with Gasteiger partial charge in [0.25, 0.3) is 0 Å². The van der Waals surface area contributed by atoms with Gasteiger partial charge in [-0.05, 0) is 68.9 Å². The van der Waals surface area contributed by atoms with Crippen molar-refractivity contribution in [2.45, 2.75) is 62.6 Å². The lowest BCUT2D eigenvalue weighted by molar-refractivity contribution is -0.137. The Bertz CT molecular complexity index is 1180. The van der Waals surface area contributed by atoms with Gasteiger partial charge in [0.2, 0.25) is 5.91 Å². The molecule has 4 rings (SSSR count). The molecule has 34 heavy (non-hydrogen) atoms. The van der Waals surface area contributed by atoms with Crippen molar-refractivity contribution in [2.24, 2.45) is 10.3 Å². The summed E-state index contributed by atoms with van der Waals surface area (Å²) in [6.45, 7) is 2.99. The lowest BCUT2D eigenvalue weighted by Crippen LogP contribution is -2.50. The monoisotopic (exact) mass is 498 g/mol. The molecule has 2 aromatic rings. The number of aryl methyl sites for hydroxylation is 1. The molecule has 4 atom stereocenters. The molecule has 1 aliphatic heterocycles. The van der Waals surface area contributed by atoms with Crippen molar-refractivity contribution in [3.63, 3.8) is 0 Å². The van der Waals surface area contributed by atoms with Crippen molar-refractivity contribution < 1.29 is 9.00 Å². The number of hydrogen-bond acceptors (Lipinski definition) is 4. The summed E-state index contributed by atoms with van der Waals surface area (Å²) in [5.41, 5.74) is 2.07. The van der Waals surface area contributed by atoms with Crippen molar-refractivity contribution in [3.05, 3.63) is 64.7 Å². The molecule has 1 saturated heterocycles. The molecule has 0 spiro atoms. The molecule has 0 radical (unpaired) electrons. The van der Waals surface area contributed by atoms with Crippen molar-refractivity contribution in [3.8, 4) is 6.07 Å². The molecule has 6 nitrogen and oxygen atoms in total. The molecule has 0 N–H and O–H groups in total. The number of halogens is 1. The maximum atomic E-state index is 14.2. The van der Waals surface area contributed by atoms with E-state index in [-0.39, 0.29) is 17.9 Å². The number of amides is 1. The van der Waals surface area contributed by atoms with Gasteiger partial charge in [-0.15, -0.1) is 0 Å². The van der Waals surface area contributed by atoms with Crippen LogP contribution in [-0.2, 0) is 21.3 Å². The first-order chi connectivity index (χ1) is 16.4. The zero-order valence-corrected chi connectivity index (χ0v) is 21.3. The van der Waals surface area contributed by atoms with Crippen molar-refractivity contribution in [2.75, 3.05) is 13.6 Å². The highest BCUT2D eigenvalue weighted by atomic mass is 35.5. The summed E-state index contributed by atoms with van der Waals surface area (Å²) >= 11 is 6.07. The highest BCUT2D eigenvalue weighted by Gasteiger charge is 2.42. The van der Waals surface area contributed by atoms with Gasteiger partial charge < -0.3 is 4.90 Å². The first-order valence-electron chi connectivity index (χ1n) is 11.8. The second-order valence-electron chi connectivity index (χ2n) is 9.18. The Morgan fingerprint density at radius 1 is 1.18 bits per heavy atom. The van der Waals surface area contributed by atoms with Crippen LogP contribution in [0.15, 0.2) is 57.8 Å². The molecule has 2 aliphatic rings. The van der Waals surface area contributed by atoms with E-state index in [1.54, 1.807) is 7.05 Å². The number of nitrogens with zero attached hydrogens (tertiary/aromatic N) is 4. The van der Waals surface area contributed by atoms with Gasteiger partial charge in [0, 0.05) is 37.1 Å². The second kappa shape index (κ2) is 10.5. The second-order valence-corrected chi connectivity index (χ2v) is 11.9. The van der Waals surface area contributed by atoms with Gasteiger partial charge in [-0.25, -0.2) is 12.9 Å². The van der Waals surface area contributed by atoms with Crippen LogP contribution < -0.4 is 0 Å². The first kappa shape index (κ1) is 24.7. The van der Waals surface area contributed by atoms with Gasteiger partial charge in [0.1, 0.15) is 16.0 Å². The van der Waals surface area contributed by atoms with Crippen LogP contribution in [0.5, 0.6) is 0 Å². The standard InChI is InChI=1S/C26H31ClN4O2S/c1-19-5-13-24(14-6-19)34(33,29-2)31-15-3-4-25(31)26(32)30(23-12-9-21(16-23)17-28)18-20-7-10-22(27)11-8-20/h5-8,10-11,13-14,21,23,25H,3-4,9,12,15-16,18H2,1-2H3/t21-,23-,25+,34-/m1/s1. The van der Waals surface area contributed by atoms with Crippen LogP contribution >= 0.6 is 11.6 Å². The zero-order valence-electron chi connectivity index (χ0n) is 19.7. The largest absolute Gasteiger partial charge is 0.334 e. The fraction of sp³-hybridized carbons (Fsp3) is 0.462. The van der Waals surface area contributed by atoms with E-state index in [2.05, 4.69) is 10.4 Å². The fourth-order valence-electron chi connectivity index (χ4n) is 5.07. The van der Waals surface area contributed by atoms with Gasteiger partial charge in [0.15, 0.2) is 0 Å². The zero-order chi connectivity index (χ0) is 24.3. The Balaban J connectivity index is 1.65. The number of hydrogen-bond donors (Lipinski definition) is 0. The quantitative estimate of drug-likeness (QED) is 0.548. The Morgan fingerprint density at radius 3 is 2.50 bits per heavy atom. The average Bonchev–Trinajstić information content (AvgIpc) is 3.53. The van der Waals surface area contributed by atoms with Crippen LogP contribution in [0.25, 0.3) is 0 Å². The maximum Gasteiger partial charge on any atom is 0.241 e. The molecule has 1 heterocycles. The minimum absolute atomic E-state index is 0.00993. The molecule has 8 heteroatoms. The van der Waals surface area contributed by atoms with E-state index in [1.165, 1.54) is 0 Å². The first-order valence-corrected chi connectivity index (χ1v) is 13.6. The predicted octanol–water partition coefficient (Wildman–Crippen LogP) is 5.21. The normalized spacial score (nSPS) is 24.4. The highest BCUT2D eigenvalue weighted by molar-refractivity contribution is 7.91. The summed E-state index contributed by atoms with van der Waals surface area (Å²) < 4.78 is 20.3. The van der Waals surface area contributed by atoms with Gasteiger partial charge in [-0.3, -0.25) is 4.79 Å². The van der Waals surface area contributed by atoms with E-state index >= 15 is 0 Å². The van der Waals surface area contributed by atoms with E-state index in [4.69, 9.17) is 11.6 Å². The van der Waals surface area contributed by atoms with Gasteiger partial charge in [0.05, 0.1) is 11.0 Å². The molecule has 1 saturated carbocycles. The van der Waals surface area contributed by atoms with Crippen LogP contribution in [0.2, 0.25) is 5.02 Å². The number of nitriles is 1. The van der Waals surface area contributed by atoms with Crippen LogP contribution in [0.1, 0.15) is 43.2 Å². The third-order valence-corrected chi connectivity index (χ3v) is 9.67. The van der Waals surface area contributed by atoms with Crippen LogP contribution in [0.4, 0.5) is 0 Å². The predicted molar refractivity (Wildman–Crippen MR) is 134 cm³/mol. The Morgan fingerprint density at radius 2 is 1.88 bits per heavy atom. The smallest absolute Gasteiger partial charge is 0.241 e. The molecule has 0 unspecified atom stereocenters. The summed E-state index contributed by atoms with van der Waals surface area (Å²) in [5, 5.41) is 10.1. The molecule has 0 bridgehead atoms. The summed E-state index contributed by atoms with van der Waals surface area (Å²) in [6, 6.07) is 16.9. The summed E-state index contributed by atoms with van der Waals surface area (Å²) in [7, 11) is -1.33. The van der Waals surface area contributed by atoms with E-state index < -0.39 is 16.0 Å². The molecule has 180 valence electrons. The Kier molecular flexibility index (Phi) is 7.61. The van der Waals surface area contributed by atoms with E-state index in [1.807, 2.05) is 64.7 Å². The summed E-state index contributed by atoms with van der Waals surface area (Å²) in [5.74, 6) is -0.0628. The van der Waals surface area contributed by atoms with Gasteiger partial charge in [-0.1, -0.05) is 41.4 Å². The molecular formula is C26H31ClN4O2S. The van der Waals surface area contributed by atoms with E-state index in [0.29, 0.717) is 35.8 Å². The highest BCUT2D eigenvalue weighted by Crippen LogP contribution is 2.34. The van der Waals surface area contributed by atoms with E-state index in [9.17, 15) is 14.3 Å². The lowest BCUT2D eigenvalue weighted by Gasteiger charge is -2.35. The number of benzene rings is 2. The molecule has 2 fully saturated rings. The van der Waals surface area contributed by atoms with Crippen LogP contribution in [0.3, 0.4) is 0 Å². The number of carbonyl (C=O) groups is 1. The molecular weight excluding hydrogens is 468 g/mol. The van der Waals surface area contributed by atoms with Crippen molar-refractivity contribution >= 4 is 27.4 Å². The topological polar surface area (TPSA) is 76.8 Å². The Hall–Kier alpha value is -2.40. The fourth-order valence-corrected chi connectivity index (χ4v) is 7.29. The number of carbonyl (C=O) groups excluding carboxylic acids is 1. The maximum absolute atomic E-state index is 14.2. The van der Waals surface area contributed by atoms with Crippen molar-refractivity contribution in [1.82, 2.24) is 9.21 Å². The number of rotatable bonds is 6. The van der Waals surface area contributed by atoms with Crippen LogP contribution in [0, 0.1) is 24.2 Å². The summed E-state index contributed by atoms with van der Waals surface area (Å²) in [6.07, 6.45) is 3.70. The Labute approximate surface area is 207 Å². The minimum Gasteiger partial charge on any atom is -0.334 e. The average molecular weight is 499 g/mol. The van der Waals surface area contributed by atoms with Gasteiger partial charge in [-0.2, -0.15) is 5.26 Å². The third-order valence-electron chi connectivity index (χ3n) is 6.96. The third kappa shape index (κ3) is 5.00. The molecule has 1 aliphatic carbocycles. The SMILES string of the molecule is CN=[S@](=O)(c1ccc(C)cc1)N1CCC[C@H]1C(=O)N(Cc1ccc(Cl)cc1)[C@@H]1CC[C@@H](C#N)C1.